The predicted octanol–water partition coefficient (Wildman–Crippen LogP) is 4.35. The highest BCUT2D eigenvalue weighted by Gasteiger charge is 2.91. The summed E-state index contributed by atoms with van der Waals surface area (Å²) < 4.78 is 187. The van der Waals surface area contributed by atoms with Gasteiger partial charge >= 0.3 is 42.0 Å². The lowest BCUT2D eigenvalue weighted by molar-refractivity contribution is -0.441. The zero-order valence-electron chi connectivity index (χ0n) is 10.3. The molecule has 16 heteroatoms. The zero-order chi connectivity index (χ0) is 20.2. The van der Waals surface area contributed by atoms with Crippen molar-refractivity contribution in [2.75, 3.05) is 0 Å². The Morgan fingerprint density at radius 2 is 0.708 bits per heavy atom. The lowest BCUT2D eigenvalue weighted by atomic mass is 9.91. The van der Waals surface area contributed by atoms with Crippen LogP contribution in [0.5, 0.6) is 0 Å². The van der Waals surface area contributed by atoms with Gasteiger partial charge in [-0.3, -0.25) is 0 Å². The quantitative estimate of drug-likeness (QED) is 0.631. The van der Waals surface area contributed by atoms with Gasteiger partial charge in [-0.25, -0.2) is 13.2 Å². The summed E-state index contributed by atoms with van der Waals surface area (Å²) in [4.78, 5) is 0. The Balaban J connectivity index is 6.38. The Morgan fingerprint density at radius 3 is 0.917 bits per heavy atom. The van der Waals surface area contributed by atoms with Gasteiger partial charge in [-0.05, 0) is 0 Å². The summed E-state index contributed by atoms with van der Waals surface area (Å²) in [6.45, 7) is 0. The molecule has 0 aliphatic heterocycles. The highest BCUT2D eigenvalue weighted by Crippen LogP contribution is 2.61. The first-order chi connectivity index (χ1) is 10.1. The molecule has 0 spiro atoms. The minimum atomic E-state index is -8.22. The van der Waals surface area contributed by atoms with E-state index < -0.39 is 48.3 Å². The average Bonchev–Trinajstić information content (AvgIpc) is 2.36. The number of hydrogen-bond donors (Lipinski definition) is 1. The van der Waals surface area contributed by atoms with E-state index in [1.165, 1.54) is 0 Å². The maximum atomic E-state index is 12.8. The van der Waals surface area contributed by atoms with E-state index in [1.807, 2.05) is 0 Å². The van der Waals surface area contributed by atoms with Gasteiger partial charge in [0.1, 0.15) is 0 Å². The summed E-state index contributed by atoms with van der Waals surface area (Å²) in [5.74, 6) is -46.8. The third-order valence-corrected chi connectivity index (χ3v) is 2.59. The molecule has 0 aromatic rings. The molecule has 0 rings (SSSR count). The van der Waals surface area contributed by atoms with E-state index in [4.69, 9.17) is 5.11 Å². The molecule has 0 saturated heterocycles. The Labute approximate surface area is 121 Å². The summed E-state index contributed by atoms with van der Waals surface area (Å²) in [7, 11) is 0. The van der Waals surface area contributed by atoms with Crippen molar-refractivity contribution in [2.45, 2.75) is 48.3 Å². The molecule has 1 N–H and O–H groups in total. The van der Waals surface area contributed by atoms with E-state index in [9.17, 15) is 65.9 Å². The van der Waals surface area contributed by atoms with Crippen molar-refractivity contribution in [3.05, 3.63) is 0 Å². The molecule has 0 aromatic carbocycles. The first kappa shape index (κ1) is 22.9. The van der Waals surface area contributed by atoms with Crippen molar-refractivity contribution in [3.8, 4) is 0 Å². The molecule has 1 nitrogen and oxygen atoms in total. The van der Waals surface area contributed by atoms with Gasteiger partial charge in [0.15, 0.2) is 0 Å². The normalized spacial score (nSPS) is 17.4. The van der Waals surface area contributed by atoms with Gasteiger partial charge in [0, 0.05) is 0 Å². The fraction of sp³-hybridized carbons (Fsp3) is 1.00. The van der Waals surface area contributed by atoms with Crippen LogP contribution in [-0.2, 0) is 0 Å². The average molecular weight is 400 g/mol. The van der Waals surface area contributed by atoms with Crippen molar-refractivity contribution in [2.24, 2.45) is 0 Å². The number of aliphatic hydroxyl groups is 1. The molecule has 0 amide bonds. The summed E-state index contributed by atoms with van der Waals surface area (Å²) in [5.41, 5.74) is 0. The highest BCUT2D eigenvalue weighted by molar-refractivity contribution is 5.12. The van der Waals surface area contributed by atoms with E-state index in [0.717, 1.165) is 0 Å². The molecule has 0 radical (unpaired) electrons. The van der Waals surface area contributed by atoms with Gasteiger partial charge in [0.25, 0.3) is 6.36 Å². The Bertz CT molecular complexity index is 410. The van der Waals surface area contributed by atoms with Gasteiger partial charge in [-0.1, -0.05) is 0 Å². The van der Waals surface area contributed by atoms with Crippen LogP contribution in [0.15, 0.2) is 0 Å². The van der Waals surface area contributed by atoms with Crippen molar-refractivity contribution in [1.29, 1.82) is 0 Å². The lowest BCUT2D eigenvalue weighted by Gasteiger charge is -2.41. The predicted molar refractivity (Wildman–Crippen MR) is 42.8 cm³/mol. The molecular formula is C8H3F15O. The van der Waals surface area contributed by atoms with Crippen LogP contribution in [-0.4, -0.2) is 53.4 Å². The van der Waals surface area contributed by atoms with Crippen molar-refractivity contribution in [3.63, 3.8) is 0 Å². The number of hydrogen-bond acceptors (Lipinski definition) is 1. The molecule has 0 aliphatic carbocycles. The standard InChI is InChI=1S/C8H3F15O/c9-1(10)3(12,13)5(16,17)7(20,21)8(22,23)6(18,19)4(14,15)2(11)24/h1-2,24H. The van der Waals surface area contributed by atoms with Crippen molar-refractivity contribution < 1.29 is 71.0 Å². The van der Waals surface area contributed by atoms with Crippen LogP contribution in [0, 0.1) is 0 Å². The second-order valence-electron chi connectivity index (χ2n) is 4.18. The van der Waals surface area contributed by atoms with E-state index in [0.29, 0.717) is 0 Å². The minimum absolute atomic E-state index is 5.32. The second kappa shape index (κ2) is 5.72. The Morgan fingerprint density at radius 1 is 0.458 bits per heavy atom. The lowest BCUT2D eigenvalue weighted by Crippen LogP contribution is -2.72. The van der Waals surface area contributed by atoms with Crippen LogP contribution in [0.1, 0.15) is 0 Å². The van der Waals surface area contributed by atoms with E-state index in [2.05, 4.69) is 0 Å². The molecule has 0 aromatic heterocycles. The van der Waals surface area contributed by atoms with E-state index in [-0.39, 0.29) is 0 Å². The molecule has 1 unspecified atom stereocenters. The minimum Gasteiger partial charge on any atom is -0.359 e. The monoisotopic (exact) mass is 400 g/mol. The third kappa shape index (κ3) is 2.65. The van der Waals surface area contributed by atoms with E-state index in [1.54, 1.807) is 0 Å². The van der Waals surface area contributed by atoms with Crippen LogP contribution in [0.3, 0.4) is 0 Å². The molecular weight excluding hydrogens is 397 g/mol. The SMILES string of the molecule is OC(F)C(F)(F)C(F)(F)C(F)(F)C(F)(F)C(F)(F)C(F)(F)C(F)F. The number of halogens is 15. The van der Waals surface area contributed by atoms with Gasteiger partial charge < -0.3 is 5.11 Å². The molecule has 0 aliphatic rings. The molecule has 1 atom stereocenters. The van der Waals surface area contributed by atoms with Crippen molar-refractivity contribution >= 4 is 0 Å². The van der Waals surface area contributed by atoms with Gasteiger partial charge in [0.05, 0.1) is 0 Å². The van der Waals surface area contributed by atoms with Gasteiger partial charge in [-0.15, -0.1) is 0 Å². The summed E-state index contributed by atoms with van der Waals surface area (Å²) in [6, 6.07) is 0. The van der Waals surface area contributed by atoms with Crippen LogP contribution in [0.25, 0.3) is 0 Å². The van der Waals surface area contributed by atoms with Crippen LogP contribution >= 0.6 is 0 Å². The summed E-state index contributed by atoms with van der Waals surface area (Å²) in [6.07, 6.45) is -11.1. The first-order valence-electron chi connectivity index (χ1n) is 5.01. The van der Waals surface area contributed by atoms with E-state index >= 15 is 0 Å². The zero-order valence-corrected chi connectivity index (χ0v) is 10.3. The summed E-state index contributed by atoms with van der Waals surface area (Å²) >= 11 is 0. The van der Waals surface area contributed by atoms with Crippen LogP contribution < -0.4 is 0 Å². The van der Waals surface area contributed by atoms with Gasteiger partial charge in [0.2, 0.25) is 0 Å². The number of aliphatic hydroxyl groups excluding tert-OH is 1. The molecule has 0 saturated carbocycles. The maximum Gasteiger partial charge on any atom is 0.384 e. The molecule has 0 fully saturated rings. The first-order valence-corrected chi connectivity index (χ1v) is 5.01. The fourth-order valence-corrected chi connectivity index (χ4v) is 1.10. The Hall–Kier alpha value is -1.09. The largest absolute Gasteiger partial charge is 0.384 e. The van der Waals surface area contributed by atoms with Crippen LogP contribution in [0.2, 0.25) is 0 Å². The smallest absolute Gasteiger partial charge is 0.359 e. The molecule has 0 heterocycles. The molecule has 0 bridgehead atoms. The third-order valence-electron chi connectivity index (χ3n) is 2.59. The fourth-order valence-electron chi connectivity index (χ4n) is 1.10. The van der Waals surface area contributed by atoms with Crippen LogP contribution in [0.4, 0.5) is 65.9 Å². The van der Waals surface area contributed by atoms with Crippen molar-refractivity contribution in [1.82, 2.24) is 0 Å². The Kier molecular flexibility index (Phi) is 5.46. The highest BCUT2D eigenvalue weighted by atomic mass is 19.4. The topological polar surface area (TPSA) is 20.2 Å². The molecule has 146 valence electrons. The maximum absolute atomic E-state index is 12.8. The van der Waals surface area contributed by atoms with Gasteiger partial charge in [-0.2, -0.15) is 52.7 Å². The summed E-state index contributed by atoms with van der Waals surface area (Å²) in [5, 5.41) is 7.57. The molecule has 24 heavy (non-hydrogen) atoms. The number of rotatable bonds is 7. The second-order valence-corrected chi connectivity index (χ2v) is 4.18. The number of alkyl halides is 15.